The highest BCUT2D eigenvalue weighted by Crippen LogP contribution is 2.68. The van der Waals surface area contributed by atoms with Gasteiger partial charge in [0.2, 0.25) is 0 Å². The molecule has 0 spiro atoms. The van der Waals surface area contributed by atoms with Gasteiger partial charge in [-0.3, -0.25) is 5.10 Å². The van der Waals surface area contributed by atoms with Crippen LogP contribution in [-0.2, 0) is 5.60 Å². The monoisotopic (exact) mass is 452 g/mol. The zero-order valence-corrected chi connectivity index (χ0v) is 21.9. The summed E-state index contributed by atoms with van der Waals surface area (Å²) in [5, 5.41) is 18.5. The highest BCUT2D eigenvalue weighted by Gasteiger charge is 2.60. The molecule has 184 valence electrons. The van der Waals surface area contributed by atoms with Crippen LogP contribution in [0.1, 0.15) is 111 Å². The molecule has 5 rings (SSSR count). The molecule has 2 N–H and O–H groups in total. The third-order valence-electron chi connectivity index (χ3n) is 11.4. The van der Waals surface area contributed by atoms with Gasteiger partial charge in [0.25, 0.3) is 0 Å². The van der Waals surface area contributed by atoms with Gasteiger partial charge in [-0.05, 0) is 91.3 Å². The van der Waals surface area contributed by atoms with Gasteiger partial charge in [-0.15, -0.1) is 0 Å². The summed E-state index contributed by atoms with van der Waals surface area (Å²) in [6, 6.07) is 0. The van der Waals surface area contributed by atoms with Gasteiger partial charge in [0, 0.05) is 18.2 Å². The van der Waals surface area contributed by atoms with Crippen molar-refractivity contribution in [2.45, 2.75) is 111 Å². The second-order valence-electron chi connectivity index (χ2n) is 13.5. The molecule has 4 aliphatic carbocycles. The van der Waals surface area contributed by atoms with Crippen LogP contribution in [0.25, 0.3) is 0 Å². The summed E-state index contributed by atoms with van der Waals surface area (Å²) >= 11 is 0. The van der Waals surface area contributed by atoms with Gasteiger partial charge in [-0.2, -0.15) is 5.10 Å². The van der Waals surface area contributed by atoms with Gasteiger partial charge in [0.1, 0.15) is 0 Å². The van der Waals surface area contributed by atoms with Crippen molar-refractivity contribution in [1.29, 1.82) is 0 Å². The Morgan fingerprint density at radius 1 is 1.06 bits per heavy atom. The van der Waals surface area contributed by atoms with Gasteiger partial charge in [-0.25, -0.2) is 0 Å². The topological polar surface area (TPSA) is 48.9 Å². The highest BCUT2D eigenvalue weighted by atomic mass is 16.3. The van der Waals surface area contributed by atoms with Gasteiger partial charge in [-0.1, -0.05) is 65.5 Å². The SMILES string of the molecule is CC(C)CCC[C@@H](C)[C@H]1CC[C@H]2[C@@H]3CC=C4C[C@](O)(c5cn[nH]c5)CC[C@]4(C)[C@H]3CC[C@]12C. The maximum atomic E-state index is 11.5. The number of rotatable bonds is 6. The highest BCUT2D eigenvalue weighted by molar-refractivity contribution is 5.31. The molecule has 4 aliphatic rings. The number of fused-ring (bicyclic) bond motifs is 5. The second kappa shape index (κ2) is 8.54. The lowest BCUT2D eigenvalue weighted by atomic mass is 9.46. The fourth-order valence-corrected chi connectivity index (χ4v) is 9.42. The van der Waals surface area contributed by atoms with Crippen molar-refractivity contribution in [3.05, 3.63) is 29.6 Å². The Labute approximate surface area is 202 Å². The van der Waals surface area contributed by atoms with E-state index in [2.05, 4.69) is 50.9 Å². The predicted molar refractivity (Wildman–Crippen MR) is 136 cm³/mol. The molecule has 0 amide bonds. The Hall–Kier alpha value is -1.09. The smallest absolute Gasteiger partial charge is 0.0964 e. The average Bonchev–Trinajstić information content (AvgIpc) is 3.42. The molecule has 3 heteroatoms. The minimum absolute atomic E-state index is 0.279. The predicted octanol–water partition coefficient (Wildman–Crippen LogP) is 7.64. The molecule has 3 nitrogen and oxygen atoms in total. The first-order chi connectivity index (χ1) is 15.7. The summed E-state index contributed by atoms with van der Waals surface area (Å²) in [5.41, 5.74) is 2.60. The quantitative estimate of drug-likeness (QED) is 0.436. The van der Waals surface area contributed by atoms with Crippen molar-refractivity contribution >= 4 is 0 Å². The molecule has 0 saturated heterocycles. The Bertz CT molecular complexity index is 859. The lowest BCUT2D eigenvalue weighted by molar-refractivity contribution is -0.0767. The van der Waals surface area contributed by atoms with Crippen molar-refractivity contribution in [2.75, 3.05) is 0 Å². The van der Waals surface area contributed by atoms with Crippen molar-refractivity contribution in [1.82, 2.24) is 10.2 Å². The average molecular weight is 453 g/mol. The maximum absolute atomic E-state index is 11.5. The fourth-order valence-electron chi connectivity index (χ4n) is 9.42. The number of allylic oxidation sites excluding steroid dienone is 1. The van der Waals surface area contributed by atoms with Crippen LogP contribution < -0.4 is 0 Å². The summed E-state index contributed by atoms with van der Waals surface area (Å²) in [5.74, 6) is 5.19. The van der Waals surface area contributed by atoms with Gasteiger partial charge < -0.3 is 5.11 Å². The molecule has 0 aromatic carbocycles. The minimum atomic E-state index is -0.738. The number of aliphatic hydroxyl groups is 1. The van der Waals surface area contributed by atoms with Crippen molar-refractivity contribution in [3.63, 3.8) is 0 Å². The first kappa shape index (κ1) is 23.6. The third-order valence-corrected chi connectivity index (χ3v) is 11.4. The molecular weight excluding hydrogens is 404 g/mol. The number of hydrogen-bond acceptors (Lipinski definition) is 2. The summed E-state index contributed by atoms with van der Waals surface area (Å²) in [7, 11) is 0. The molecule has 3 fully saturated rings. The largest absolute Gasteiger partial charge is 0.385 e. The standard InChI is InChI=1S/C30H48N2O/c1-20(2)7-6-8-21(3)25-11-12-26-24-10-9-22-17-30(33,23-18-31-32-19-23)16-15-28(22,4)27(24)13-14-29(25,26)5/h9,18-21,24-27,33H,6-8,10-17H2,1-5H3,(H,31,32)/t21-,24+,25-,26+,27+,28+,29-,30+/m1/s1. The molecule has 1 heterocycles. The molecule has 0 aliphatic heterocycles. The number of aromatic nitrogens is 2. The molecule has 1 aromatic rings. The van der Waals surface area contributed by atoms with E-state index >= 15 is 0 Å². The molecule has 33 heavy (non-hydrogen) atoms. The number of H-pyrrole nitrogens is 1. The first-order valence-corrected chi connectivity index (χ1v) is 14.1. The van der Waals surface area contributed by atoms with Crippen LogP contribution in [0.3, 0.4) is 0 Å². The third kappa shape index (κ3) is 3.85. The molecule has 8 atom stereocenters. The number of nitrogens with one attached hydrogen (secondary N) is 1. The number of hydrogen-bond donors (Lipinski definition) is 2. The van der Waals surface area contributed by atoms with E-state index in [-0.39, 0.29) is 5.41 Å². The Morgan fingerprint density at radius 3 is 2.61 bits per heavy atom. The number of aromatic amines is 1. The van der Waals surface area contributed by atoms with Crippen LogP contribution in [0.15, 0.2) is 24.0 Å². The maximum Gasteiger partial charge on any atom is 0.0964 e. The van der Waals surface area contributed by atoms with Gasteiger partial charge >= 0.3 is 0 Å². The van der Waals surface area contributed by atoms with E-state index in [1.165, 1.54) is 51.4 Å². The van der Waals surface area contributed by atoms with E-state index in [1.807, 2.05) is 12.4 Å². The van der Waals surface area contributed by atoms with E-state index < -0.39 is 5.60 Å². The number of nitrogens with zero attached hydrogens (tertiary/aromatic N) is 1. The first-order valence-electron chi connectivity index (χ1n) is 14.1. The second-order valence-corrected chi connectivity index (χ2v) is 13.5. The van der Waals surface area contributed by atoms with Gasteiger partial charge in [0.15, 0.2) is 0 Å². The summed E-state index contributed by atoms with van der Waals surface area (Å²) in [6.07, 6.45) is 20.3. The Kier molecular flexibility index (Phi) is 6.12. The van der Waals surface area contributed by atoms with Gasteiger partial charge in [0.05, 0.1) is 11.8 Å². The summed E-state index contributed by atoms with van der Waals surface area (Å²) in [6.45, 7) is 12.5. The van der Waals surface area contributed by atoms with E-state index in [0.29, 0.717) is 5.41 Å². The van der Waals surface area contributed by atoms with Crippen LogP contribution in [0, 0.1) is 46.3 Å². The molecule has 3 saturated carbocycles. The molecule has 0 radical (unpaired) electrons. The molecular formula is C30H48N2O. The van der Waals surface area contributed by atoms with E-state index in [9.17, 15) is 5.11 Å². The van der Waals surface area contributed by atoms with Crippen molar-refractivity contribution in [2.24, 2.45) is 46.3 Å². The van der Waals surface area contributed by atoms with E-state index in [4.69, 9.17) is 0 Å². The summed E-state index contributed by atoms with van der Waals surface area (Å²) in [4.78, 5) is 0. The normalized spacial score (nSPS) is 43.5. The van der Waals surface area contributed by atoms with Crippen LogP contribution in [0.5, 0.6) is 0 Å². The molecule has 0 bridgehead atoms. The molecule has 0 unspecified atom stereocenters. The minimum Gasteiger partial charge on any atom is -0.385 e. The van der Waals surface area contributed by atoms with Crippen molar-refractivity contribution < 1.29 is 5.11 Å². The van der Waals surface area contributed by atoms with Crippen LogP contribution >= 0.6 is 0 Å². The van der Waals surface area contributed by atoms with Crippen LogP contribution in [-0.4, -0.2) is 15.3 Å². The van der Waals surface area contributed by atoms with E-state index in [0.717, 1.165) is 60.3 Å². The summed E-state index contributed by atoms with van der Waals surface area (Å²) < 4.78 is 0. The fraction of sp³-hybridized carbons (Fsp3) is 0.833. The van der Waals surface area contributed by atoms with E-state index in [1.54, 1.807) is 5.57 Å². The lowest BCUT2D eigenvalue weighted by Gasteiger charge is -2.59. The Morgan fingerprint density at radius 2 is 1.88 bits per heavy atom. The zero-order valence-electron chi connectivity index (χ0n) is 21.9. The van der Waals surface area contributed by atoms with Crippen molar-refractivity contribution in [3.8, 4) is 0 Å². The van der Waals surface area contributed by atoms with Crippen LogP contribution in [0.2, 0.25) is 0 Å². The molecule has 1 aromatic heterocycles. The van der Waals surface area contributed by atoms with Crippen LogP contribution in [0.4, 0.5) is 0 Å². The Balaban J connectivity index is 1.33. The zero-order chi connectivity index (χ0) is 23.4. The lowest BCUT2D eigenvalue weighted by Crippen LogP contribution is -2.52.